The number of ether oxygens (including phenoxy) is 2. The van der Waals surface area contributed by atoms with E-state index < -0.39 is 0 Å². The topological polar surface area (TPSA) is 69.5 Å². The first-order valence-corrected chi connectivity index (χ1v) is 10.3. The van der Waals surface area contributed by atoms with Crippen LogP contribution in [-0.2, 0) is 17.8 Å². The van der Waals surface area contributed by atoms with Gasteiger partial charge in [-0.1, -0.05) is 0 Å². The van der Waals surface area contributed by atoms with Gasteiger partial charge in [0.05, 0.1) is 12.2 Å². The van der Waals surface area contributed by atoms with E-state index in [-0.39, 0.29) is 12.7 Å². The van der Waals surface area contributed by atoms with Crippen LogP contribution in [-0.4, -0.2) is 50.9 Å². The molecule has 2 aliphatic rings. The van der Waals surface area contributed by atoms with Gasteiger partial charge in [0, 0.05) is 31.2 Å². The van der Waals surface area contributed by atoms with E-state index in [0.717, 1.165) is 54.6 Å². The fourth-order valence-electron chi connectivity index (χ4n) is 3.22. The van der Waals surface area contributed by atoms with Crippen LogP contribution in [0.2, 0.25) is 0 Å². The number of likely N-dealkylation sites (tertiary alicyclic amines) is 1. The highest BCUT2D eigenvalue weighted by Crippen LogP contribution is 2.33. The Morgan fingerprint density at radius 1 is 1.23 bits per heavy atom. The number of piperidine rings is 1. The molecule has 1 aromatic heterocycles. The third-order valence-corrected chi connectivity index (χ3v) is 5.21. The second-order valence-corrected chi connectivity index (χ2v) is 7.39. The maximum absolute atomic E-state index is 12.2. The molecule has 1 aromatic carbocycles. The summed E-state index contributed by atoms with van der Waals surface area (Å²) < 4.78 is 12.7. The fourth-order valence-corrected chi connectivity index (χ4v) is 3.60. The van der Waals surface area contributed by atoms with Crippen molar-refractivity contribution < 1.29 is 14.3 Å². The molecule has 0 saturated carbocycles. The maximum atomic E-state index is 12.2. The summed E-state index contributed by atoms with van der Waals surface area (Å²) in [6, 6.07) is 5.75. The van der Waals surface area contributed by atoms with Gasteiger partial charge in [-0.2, -0.15) is 16.9 Å². The summed E-state index contributed by atoms with van der Waals surface area (Å²) in [7, 11) is 0. The van der Waals surface area contributed by atoms with Gasteiger partial charge >= 0.3 is 0 Å². The van der Waals surface area contributed by atoms with Crippen molar-refractivity contribution >= 4 is 17.7 Å². The van der Waals surface area contributed by atoms with Crippen LogP contribution < -0.4 is 9.47 Å². The second kappa shape index (κ2) is 7.57. The SMILES string of the molecule is CSCCc1nc(CN2CCCCC2=O)n(-c2ccc3c(c2)OCO3)n1. The number of hydrogen-bond donors (Lipinski definition) is 0. The zero-order valence-corrected chi connectivity index (χ0v) is 15.6. The highest BCUT2D eigenvalue weighted by molar-refractivity contribution is 7.98. The van der Waals surface area contributed by atoms with Gasteiger partial charge < -0.3 is 14.4 Å². The highest BCUT2D eigenvalue weighted by atomic mass is 32.2. The van der Waals surface area contributed by atoms with Crippen LogP contribution in [0.1, 0.15) is 30.9 Å². The van der Waals surface area contributed by atoms with Crippen LogP contribution in [0.3, 0.4) is 0 Å². The molecule has 0 atom stereocenters. The third-order valence-electron chi connectivity index (χ3n) is 4.60. The molecule has 2 aliphatic heterocycles. The summed E-state index contributed by atoms with van der Waals surface area (Å²) in [5, 5.41) is 4.69. The number of carbonyl (C=O) groups is 1. The molecule has 1 amide bonds. The summed E-state index contributed by atoms with van der Waals surface area (Å²) in [4.78, 5) is 18.8. The van der Waals surface area contributed by atoms with E-state index in [9.17, 15) is 4.79 Å². The van der Waals surface area contributed by atoms with E-state index in [1.807, 2.05) is 27.8 Å². The summed E-state index contributed by atoms with van der Waals surface area (Å²) in [5.41, 5.74) is 0.872. The Morgan fingerprint density at radius 3 is 2.96 bits per heavy atom. The molecule has 138 valence electrons. The first kappa shape index (κ1) is 17.2. The number of thioether (sulfide) groups is 1. The predicted octanol–water partition coefficient (Wildman–Crippen LogP) is 2.41. The first-order valence-electron chi connectivity index (χ1n) is 8.86. The summed E-state index contributed by atoms with van der Waals surface area (Å²) in [6.07, 6.45) is 5.52. The lowest BCUT2D eigenvalue weighted by Gasteiger charge is -2.26. The maximum Gasteiger partial charge on any atom is 0.231 e. The zero-order valence-electron chi connectivity index (χ0n) is 14.8. The smallest absolute Gasteiger partial charge is 0.231 e. The Balaban J connectivity index is 1.65. The van der Waals surface area contributed by atoms with E-state index in [0.29, 0.717) is 18.7 Å². The molecule has 0 N–H and O–H groups in total. The van der Waals surface area contributed by atoms with Crippen molar-refractivity contribution in [1.82, 2.24) is 19.7 Å². The number of fused-ring (bicyclic) bond motifs is 1. The fraction of sp³-hybridized carbons (Fsp3) is 0.500. The van der Waals surface area contributed by atoms with Crippen molar-refractivity contribution in [2.24, 2.45) is 0 Å². The molecule has 0 aliphatic carbocycles. The van der Waals surface area contributed by atoms with Gasteiger partial charge in [0.15, 0.2) is 23.1 Å². The number of benzene rings is 1. The average Bonchev–Trinajstić information content (AvgIpc) is 3.28. The molecule has 0 spiro atoms. The molecule has 8 heteroatoms. The minimum atomic E-state index is 0.196. The molecule has 0 unspecified atom stereocenters. The van der Waals surface area contributed by atoms with E-state index in [1.54, 1.807) is 11.8 Å². The van der Waals surface area contributed by atoms with Crippen molar-refractivity contribution in [3.8, 4) is 17.2 Å². The third kappa shape index (κ3) is 3.51. The minimum Gasteiger partial charge on any atom is -0.454 e. The normalized spacial score (nSPS) is 16.3. The number of rotatable bonds is 6. The lowest BCUT2D eigenvalue weighted by Crippen LogP contribution is -2.35. The average molecular weight is 374 g/mol. The Morgan fingerprint density at radius 2 is 2.12 bits per heavy atom. The molecule has 26 heavy (non-hydrogen) atoms. The molecule has 3 heterocycles. The zero-order chi connectivity index (χ0) is 17.9. The molecular formula is C18H22N4O3S. The first-order chi connectivity index (χ1) is 12.7. The van der Waals surface area contributed by atoms with E-state index in [4.69, 9.17) is 19.6 Å². The van der Waals surface area contributed by atoms with Crippen molar-refractivity contribution in [2.75, 3.05) is 25.3 Å². The Kier molecular flexibility index (Phi) is 5.01. The Bertz CT molecular complexity index is 808. The standard InChI is InChI=1S/C18H22N4O3S/c1-26-9-7-16-19-17(11-21-8-3-2-4-18(21)23)22(20-16)13-5-6-14-15(10-13)25-12-24-14/h5-6,10H,2-4,7-9,11-12H2,1H3. The molecule has 2 aromatic rings. The van der Waals surface area contributed by atoms with Gasteiger partial charge in [-0.3, -0.25) is 4.79 Å². The van der Waals surface area contributed by atoms with Crippen molar-refractivity contribution in [3.63, 3.8) is 0 Å². The summed E-state index contributed by atoms with van der Waals surface area (Å²) in [5.74, 6) is 4.20. The molecular weight excluding hydrogens is 352 g/mol. The number of carbonyl (C=O) groups excluding carboxylic acids is 1. The lowest BCUT2D eigenvalue weighted by molar-refractivity contribution is -0.134. The van der Waals surface area contributed by atoms with E-state index in [2.05, 4.69) is 6.26 Å². The number of nitrogens with zero attached hydrogens (tertiary/aromatic N) is 4. The van der Waals surface area contributed by atoms with Crippen LogP contribution in [0.25, 0.3) is 5.69 Å². The Labute approximate surface area is 156 Å². The number of hydrogen-bond acceptors (Lipinski definition) is 6. The summed E-state index contributed by atoms with van der Waals surface area (Å²) >= 11 is 1.77. The van der Waals surface area contributed by atoms with Gasteiger partial charge in [0.2, 0.25) is 12.7 Å². The van der Waals surface area contributed by atoms with Gasteiger partial charge in [-0.05, 0) is 31.2 Å². The second-order valence-electron chi connectivity index (χ2n) is 6.41. The highest BCUT2D eigenvalue weighted by Gasteiger charge is 2.23. The predicted molar refractivity (Wildman–Crippen MR) is 98.8 cm³/mol. The molecule has 0 radical (unpaired) electrons. The monoisotopic (exact) mass is 374 g/mol. The minimum absolute atomic E-state index is 0.196. The molecule has 1 saturated heterocycles. The van der Waals surface area contributed by atoms with Gasteiger partial charge in [0.25, 0.3) is 0 Å². The van der Waals surface area contributed by atoms with Crippen molar-refractivity contribution in [1.29, 1.82) is 0 Å². The number of amides is 1. The number of aromatic nitrogens is 3. The van der Waals surface area contributed by atoms with Crippen molar-refractivity contribution in [3.05, 3.63) is 29.8 Å². The van der Waals surface area contributed by atoms with Crippen LogP contribution in [0.4, 0.5) is 0 Å². The van der Waals surface area contributed by atoms with Crippen LogP contribution in [0.15, 0.2) is 18.2 Å². The largest absolute Gasteiger partial charge is 0.454 e. The van der Waals surface area contributed by atoms with Crippen LogP contribution in [0, 0.1) is 0 Å². The van der Waals surface area contributed by atoms with Crippen molar-refractivity contribution in [2.45, 2.75) is 32.2 Å². The Hall–Kier alpha value is -2.22. The van der Waals surface area contributed by atoms with Gasteiger partial charge in [-0.25, -0.2) is 9.67 Å². The molecule has 1 fully saturated rings. The molecule has 4 rings (SSSR count). The van der Waals surface area contributed by atoms with Gasteiger partial charge in [-0.15, -0.1) is 0 Å². The van der Waals surface area contributed by atoms with Crippen LogP contribution >= 0.6 is 11.8 Å². The molecule has 7 nitrogen and oxygen atoms in total. The molecule has 0 bridgehead atoms. The lowest BCUT2D eigenvalue weighted by atomic mass is 10.1. The van der Waals surface area contributed by atoms with E-state index >= 15 is 0 Å². The number of aryl methyl sites for hydroxylation is 1. The summed E-state index contributed by atoms with van der Waals surface area (Å²) in [6.45, 7) is 1.51. The quantitative estimate of drug-likeness (QED) is 0.773. The van der Waals surface area contributed by atoms with Crippen LogP contribution in [0.5, 0.6) is 11.5 Å². The van der Waals surface area contributed by atoms with E-state index in [1.165, 1.54) is 0 Å². The van der Waals surface area contributed by atoms with Gasteiger partial charge in [0.1, 0.15) is 0 Å².